The van der Waals surface area contributed by atoms with Gasteiger partial charge in [0, 0.05) is 49.3 Å². The van der Waals surface area contributed by atoms with Crippen LogP contribution in [0.2, 0.25) is 0 Å². The van der Waals surface area contributed by atoms with Gasteiger partial charge in [-0.25, -0.2) is 0 Å². The Morgan fingerprint density at radius 3 is 2.52 bits per heavy atom. The molecule has 1 heterocycles. The van der Waals surface area contributed by atoms with Gasteiger partial charge in [-0.05, 0) is 43.4 Å². The van der Waals surface area contributed by atoms with E-state index in [1.165, 1.54) is 38.0 Å². The molecule has 0 bridgehead atoms. The van der Waals surface area contributed by atoms with Crippen LogP contribution in [0.1, 0.15) is 31.4 Å². The molecule has 1 aliphatic heterocycles. The van der Waals surface area contributed by atoms with Gasteiger partial charge in [0.1, 0.15) is 0 Å². The van der Waals surface area contributed by atoms with Gasteiger partial charge in [-0.2, -0.15) is 0 Å². The van der Waals surface area contributed by atoms with Crippen molar-refractivity contribution in [3.05, 3.63) is 34.3 Å². The van der Waals surface area contributed by atoms with Crippen LogP contribution >= 0.6 is 15.9 Å². The second kappa shape index (κ2) is 6.78. The van der Waals surface area contributed by atoms with Crippen molar-refractivity contribution in [3.63, 3.8) is 0 Å². The van der Waals surface area contributed by atoms with Crippen LogP contribution in [0.15, 0.2) is 28.7 Å². The van der Waals surface area contributed by atoms with Crippen molar-refractivity contribution in [2.45, 2.75) is 31.8 Å². The molecule has 3 nitrogen and oxygen atoms in total. The number of hydrogen-bond donors (Lipinski definition) is 1. The Morgan fingerprint density at radius 1 is 1.24 bits per heavy atom. The van der Waals surface area contributed by atoms with E-state index in [2.05, 4.69) is 56.9 Å². The minimum Gasteiger partial charge on any atom is -0.326 e. The number of rotatable bonds is 5. The highest BCUT2D eigenvalue weighted by Crippen LogP contribution is 2.31. The van der Waals surface area contributed by atoms with Gasteiger partial charge in [-0.1, -0.05) is 28.1 Å². The van der Waals surface area contributed by atoms with Crippen LogP contribution in [0.3, 0.4) is 0 Å². The number of hydrogen-bond acceptors (Lipinski definition) is 3. The van der Waals surface area contributed by atoms with E-state index in [1.807, 2.05) is 0 Å². The molecule has 116 valence electrons. The highest BCUT2D eigenvalue weighted by molar-refractivity contribution is 9.10. The molecule has 0 aromatic heterocycles. The Bertz CT molecular complexity index is 465. The molecule has 2 atom stereocenters. The summed E-state index contributed by atoms with van der Waals surface area (Å²) in [4.78, 5) is 5.20. The van der Waals surface area contributed by atoms with Crippen LogP contribution in [-0.2, 0) is 0 Å². The zero-order valence-corrected chi connectivity index (χ0v) is 14.4. The first kappa shape index (κ1) is 15.5. The average molecular weight is 352 g/mol. The van der Waals surface area contributed by atoms with Gasteiger partial charge in [0.25, 0.3) is 0 Å². The van der Waals surface area contributed by atoms with Gasteiger partial charge in [0.15, 0.2) is 0 Å². The molecule has 1 saturated carbocycles. The highest BCUT2D eigenvalue weighted by atomic mass is 79.9. The normalized spacial score (nSPS) is 24.0. The molecule has 2 fully saturated rings. The lowest BCUT2D eigenvalue weighted by Gasteiger charge is -2.41. The van der Waals surface area contributed by atoms with Crippen molar-refractivity contribution in [2.24, 2.45) is 11.7 Å². The standard InChI is InChI=1S/C17H26BrN3/c1-13(19)17(15-3-2-4-16(18)11-15)21-9-7-20(8-10-21)12-14-5-6-14/h2-4,11,13-14,17H,5-10,12,19H2,1H3. The van der Waals surface area contributed by atoms with Crippen molar-refractivity contribution >= 4 is 15.9 Å². The Balaban J connectivity index is 1.64. The lowest BCUT2D eigenvalue weighted by Crippen LogP contribution is -2.51. The Hall–Kier alpha value is -0.420. The molecule has 1 saturated heterocycles. The van der Waals surface area contributed by atoms with Crippen LogP contribution < -0.4 is 5.73 Å². The summed E-state index contributed by atoms with van der Waals surface area (Å²) < 4.78 is 1.14. The minimum absolute atomic E-state index is 0.147. The molecule has 0 amide bonds. The van der Waals surface area contributed by atoms with Crippen molar-refractivity contribution in [2.75, 3.05) is 32.7 Å². The maximum Gasteiger partial charge on any atom is 0.0497 e. The van der Waals surface area contributed by atoms with Gasteiger partial charge in [-0.3, -0.25) is 4.90 Å². The predicted molar refractivity (Wildman–Crippen MR) is 91.3 cm³/mol. The fraction of sp³-hybridized carbons (Fsp3) is 0.647. The third-order valence-corrected chi connectivity index (χ3v) is 5.20. The van der Waals surface area contributed by atoms with Gasteiger partial charge in [0.2, 0.25) is 0 Å². The summed E-state index contributed by atoms with van der Waals surface area (Å²) in [6, 6.07) is 9.08. The average Bonchev–Trinajstić information content (AvgIpc) is 3.25. The summed E-state index contributed by atoms with van der Waals surface area (Å²) in [6.07, 6.45) is 2.89. The third kappa shape index (κ3) is 4.07. The topological polar surface area (TPSA) is 32.5 Å². The van der Waals surface area contributed by atoms with E-state index < -0.39 is 0 Å². The maximum absolute atomic E-state index is 6.30. The number of nitrogens with zero attached hydrogens (tertiary/aromatic N) is 2. The third-order valence-electron chi connectivity index (χ3n) is 4.70. The minimum atomic E-state index is 0.147. The van der Waals surface area contributed by atoms with E-state index >= 15 is 0 Å². The highest BCUT2D eigenvalue weighted by Gasteiger charge is 2.30. The Kier molecular flexibility index (Phi) is 4.99. The molecule has 2 N–H and O–H groups in total. The smallest absolute Gasteiger partial charge is 0.0497 e. The number of nitrogens with two attached hydrogens (primary N) is 1. The molecule has 1 aromatic rings. The molecular formula is C17H26BrN3. The molecule has 21 heavy (non-hydrogen) atoms. The second-order valence-electron chi connectivity index (χ2n) is 6.64. The van der Waals surface area contributed by atoms with Crippen LogP contribution in [0, 0.1) is 5.92 Å². The quantitative estimate of drug-likeness (QED) is 0.885. The Morgan fingerprint density at radius 2 is 1.95 bits per heavy atom. The maximum atomic E-state index is 6.30. The number of piperazine rings is 1. The van der Waals surface area contributed by atoms with E-state index in [1.54, 1.807) is 0 Å². The first-order valence-corrected chi connectivity index (χ1v) is 8.90. The van der Waals surface area contributed by atoms with Crippen molar-refractivity contribution in [3.8, 4) is 0 Å². The zero-order chi connectivity index (χ0) is 14.8. The van der Waals surface area contributed by atoms with Gasteiger partial charge in [-0.15, -0.1) is 0 Å². The lowest BCUT2D eigenvalue weighted by atomic mass is 9.98. The summed E-state index contributed by atoms with van der Waals surface area (Å²) in [7, 11) is 0. The monoisotopic (exact) mass is 351 g/mol. The van der Waals surface area contributed by atoms with Gasteiger partial charge in [0.05, 0.1) is 0 Å². The first-order valence-electron chi connectivity index (χ1n) is 8.11. The number of halogens is 1. The molecule has 0 spiro atoms. The number of benzene rings is 1. The van der Waals surface area contributed by atoms with Crippen molar-refractivity contribution < 1.29 is 0 Å². The summed E-state index contributed by atoms with van der Waals surface area (Å²) >= 11 is 3.58. The van der Waals surface area contributed by atoms with E-state index in [-0.39, 0.29) is 6.04 Å². The molecule has 2 unspecified atom stereocenters. The van der Waals surface area contributed by atoms with E-state index in [0.717, 1.165) is 23.5 Å². The largest absolute Gasteiger partial charge is 0.326 e. The van der Waals surface area contributed by atoms with Gasteiger partial charge < -0.3 is 10.6 Å². The van der Waals surface area contributed by atoms with Crippen LogP contribution in [0.25, 0.3) is 0 Å². The molecule has 1 aliphatic carbocycles. The second-order valence-corrected chi connectivity index (χ2v) is 7.55. The van der Waals surface area contributed by atoms with E-state index in [4.69, 9.17) is 5.73 Å². The van der Waals surface area contributed by atoms with Crippen LogP contribution in [0.4, 0.5) is 0 Å². The van der Waals surface area contributed by atoms with Crippen LogP contribution in [-0.4, -0.2) is 48.6 Å². The summed E-state index contributed by atoms with van der Waals surface area (Å²) in [5.41, 5.74) is 7.63. The lowest BCUT2D eigenvalue weighted by molar-refractivity contribution is 0.0842. The fourth-order valence-corrected chi connectivity index (χ4v) is 3.84. The van der Waals surface area contributed by atoms with Crippen molar-refractivity contribution in [1.29, 1.82) is 0 Å². The molecule has 1 aromatic carbocycles. The summed E-state index contributed by atoms with van der Waals surface area (Å²) in [5.74, 6) is 0.992. The Labute approximate surface area is 136 Å². The van der Waals surface area contributed by atoms with Crippen molar-refractivity contribution in [1.82, 2.24) is 9.80 Å². The van der Waals surface area contributed by atoms with Gasteiger partial charge >= 0.3 is 0 Å². The summed E-state index contributed by atoms with van der Waals surface area (Å²) in [6.45, 7) is 8.08. The molecule has 4 heteroatoms. The predicted octanol–water partition coefficient (Wildman–Crippen LogP) is 2.87. The van der Waals surface area contributed by atoms with E-state index in [0.29, 0.717) is 6.04 Å². The van der Waals surface area contributed by atoms with E-state index in [9.17, 15) is 0 Å². The zero-order valence-electron chi connectivity index (χ0n) is 12.8. The SMILES string of the molecule is CC(N)C(c1cccc(Br)c1)N1CCN(CC2CC2)CC1. The van der Waals surface area contributed by atoms with Crippen LogP contribution in [0.5, 0.6) is 0 Å². The molecular weight excluding hydrogens is 326 g/mol. The first-order chi connectivity index (χ1) is 10.1. The molecule has 0 radical (unpaired) electrons. The molecule has 3 rings (SSSR count). The fourth-order valence-electron chi connectivity index (χ4n) is 3.43. The molecule has 2 aliphatic rings. The summed E-state index contributed by atoms with van der Waals surface area (Å²) in [5, 5.41) is 0.